The van der Waals surface area contributed by atoms with Crippen LogP contribution in [-0.2, 0) is 14.3 Å². The van der Waals surface area contributed by atoms with Gasteiger partial charge < -0.3 is 20.3 Å². The Morgan fingerprint density at radius 2 is 1.73 bits per heavy atom. The molecule has 0 saturated heterocycles. The molecule has 8 heteroatoms. The molecule has 0 aliphatic rings. The van der Waals surface area contributed by atoms with Crippen molar-refractivity contribution in [1.82, 2.24) is 15.5 Å². The molecule has 210 valence electrons. The molecule has 0 radical (unpaired) electrons. The van der Waals surface area contributed by atoms with Gasteiger partial charge in [-0.15, -0.1) is 0 Å². The van der Waals surface area contributed by atoms with E-state index in [0.717, 1.165) is 48.8 Å². The highest BCUT2D eigenvalue weighted by Crippen LogP contribution is 2.28. The molecule has 2 N–H and O–H groups in total. The number of hydrogen-bond donors (Lipinski definition) is 2. The molecule has 0 bridgehead atoms. The second-order valence-electron chi connectivity index (χ2n) is 10.6. The Hall–Kier alpha value is -2.22. The third-order valence-electron chi connectivity index (χ3n) is 6.22. The summed E-state index contributed by atoms with van der Waals surface area (Å²) in [6.45, 7) is 14.5. The molecule has 0 aliphatic carbocycles. The molecule has 37 heavy (non-hydrogen) atoms. The molecule has 2 unspecified atom stereocenters. The molecule has 3 amide bonds. The Kier molecular flexibility index (Phi) is 14.7. The smallest absolute Gasteiger partial charge is 0.408 e. The number of alkyl carbamates (subject to hydrolysis) is 1. The Bertz CT molecular complexity index is 869. The van der Waals surface area contributed by atoms with Gasteiger partial charge in [0.25, 0.3) is 0 Å². The van der Waals surface area contributed by atoms with Gasteiger partial charge in [-0.25, -0.2) is 4.79 Å². The van der Waals surface area contributed by atoms with Crippen LogP contribution < -0.4 is 10.6 Å². The van der Waals surface area contributed by atoms with Gasteiger partial charge in [-0.05, 0) is 82.6 Å². The number of aryl methyl sites for hydroxylation is 1. The fourth-order valence-electron chi connectivity index (χ4n) is 4.04. The normalized spacial score (nSPS) is 13.0. The molecule has 1 rings (SSSR count). The number of carbonyl (C=O) groups excluding carboxylic acids is 3. The molecule has 7 nitrogen and oxygen atoms in total. The van der Waals surface area contributed by atoms with E-state index in [9.17, 15) is 14.4 Å². The first-order valence-corrected chi connectivity index (χ1v) is 15.0. The molecular weight excluding hydrogens is 486 g/mol. The highest BCUT2D eigenvalue weighted by Gasteiger charge is 2.36. The topological polar surface area (TPSA) is 87.7 Å². The van der Waals surface area contributed by atoms with Gasteiger partial charge in [0.1, 0.15) is 17.7 Å². The van der Waals surface area contributed by atoms with Crippen molar-refractivity contribution >= 4 is 29.7 Å². The van der Waals surface area contributed by atoms with E-state index >= 15 is 0 Å². The lowest BCUT2D eigenvalue weighted by Gasteiger charge is -2.35. The molecule has 0 saturated carbocycles. The number of rotatable bonds is 15. The van der Waals surface area contributed by atoms with Gasteiger partial charge in [0, 0.05) is 13.1 Å². The van der Waals surface area contributed by atoms with Crippen LogP contribution in [0, 0.1) is 13.8 Å². The zero-order chi connectivity index (χ0) is 28.0. The van der Waals surface area contributed by atoms with Crippen LogP contribution in [0.4, 0.5) is 4.79 Å². The lowest BCUT2D eigenvalue weighted by atomic mass is 9.94. The molecule has 1 aromatic carbocycles. The van der Waals surface area contributed by atoms with Crippen molar-refractivity contribution in [2.24, 2.45) is 0 Å². The fourth-order valence-corrected chi connectivity index (χ4v) is 4.51. The Balaban J connectivity index is 3.45. The van der Waals surface area contributed by atoms with Crippen LogP contribution in [-0.4, -0.2) is 59.5 Å². The summed E-state index contributed by atoms with van der Waals surface area (Å²) >= 11 is 1.61. The van der Waals surface area contributed by atoms with Crippen molar-refractivity contribution in [2.45, 2.75) is 105 Å². The first kappa shape index (κ1) is 32.8. The summed E-state index contributed by atoms with van der Waals surface area (Å²) in [6.07, 6.45) is 6.38. The average Bonchev–Trinajstić information content (AvgIpc) is 2.82. The highest BCUT2D eigenvalue weighted by atomic mass is 32.2. The molecule has 0 spiro atoms. The lowest BCUT2D eigenvalue weighted by molar-refractivity contribution is -0.142. The second kappa shape index (κ2) is 16.6. The van der Waals surface area contributed by atoms with Crippen LogP contribution in [0.1, 0.15) is 95.9 Å². The van der Waals surface area contributed by atoms with E-state index in [-0.39, 0.29) is 11.8 Å². The van der Waals surface area contributed by atoms with Crippen LogP contribution in [0.25, 0.3) is 0 Å². The summed E-state index contributed by atoms with van der Waals surface area (Å²) in [4.78, 5) is 42.1. The zero-order valence-electron chi connectivity index (χ0n) is 24.2. The summed E-state index contributed by atoms with van der Waals surface area (Å²) in [5.74, 6) is 0.239. The summed E-state index contributed by atoms with van der Waals surface area (Å²) in [5, 5.41) is 5.88. The summed E-state index contributed by atoms with van der Waals surface area (Å²) in [5.41, 5.74) is 2.19. The van der Waals surface area contributed by atoms with Crippen molar-refractivity contribution in [3.05, 3.63) is 34.9 Å². The van der Waals surface area contributed by atoms with E-state index in [1.807, 2.05) is 38.3 Å². The number of nitrogens with zero attached hydrogens (tertiary/aromatic N) is 1. The maximum Gasteiger partial charge on any atom is 0.408 e. The van der Waals surface area contributed by atoms with Crippen molar-refractivity contribution < 1.29 is 19.1 Å². The maximum atomic E-state index is 14.1. The second-order valence-corrected chi connectivity index (χ2v) is 11.5. The Morgan fingerprint density at radius 3 is 2.32 bits per heavy atom. The highest BCUT2D eigenvalue weighted by molar-refractivity contribution is 7.98. The minimum Gasteiger partial charge on any atom is -0.444 e. The molecular formula is C29H49N3O4S. The van der Waals surface area contributed by atoms with Crippen LogP contribution in [0.3, 0.4) is 0 Å². The summed E-state index contributed by atoms with van der Waals surface area (Å²) in [6, 6.07) is 4.31. The van der Waals surface area contributed by atoms with Gasteiger partial charge in [-0.2, -0.15) is 11.8 Å². The predicted octanol–water partition coefficient (Wildman–Crippen LogP) is 5.93. The SMILES string of the molecule is CCCCCNC(=O)C(c1cccc(C)c1C)N(CCCC)C(=O)C(CCSC)NC(=O)OC(C)(C)C. The third-order valence-corrected chi connectivity index (χ3v) is 6.86. The number of nitrogens with one attached hydrogen (secondary N) is 2. The van der Waals surface area contributed by atoms with Crippen molar-refractivity contribution in [2.75, 3.05) is 25.1 Å². The quantitative estimate of drug-likeness (QED) is 0.272. The van der Waals surface area contributed by atoms with E-state index in [0.29, 0.717) is 25.3 Å². The average molecular weight is 536 g/mol. The Morgan fingerprint density at radius 1 is 1.05 bits per heavy atom. The maximum absolute atomic E-state index is 14.1. The largest absolute Gasteiger partial charge is 0.444 e. The fraction of sp³-hybridized carbons (Fsp3) is 0.690. The predicted molar refractivity (Wildman–Crippen MR) is 154 cm³/mol. The van der Waals surface area contributed by atoms with Gasteiger partial charge in [-0.1, -0.05) is 51.3 Å². The lowest BCUT2D eigenvalue weighted by Crippen LogP contribution is -2.53. The van der Waals surface area contributed by atoms with Gasteiger partial charge in [0.15, 0.2) is 0 Å². The van der Waals surface area contributed by atoms with E-state index in [4.69, 9.17) is 4.74 Å². The number of ether oxygens (including phenoxy) is 1. The minimum atomic E-state index is -0.792. The van der Waals surface area contributed by atoms with Crippen molar-refractivity contribution in [1.29, 1.82) is 0 Å². The molecule has 0 aliphatic heterocycles. The van der Waals surface area contributed by atoms with Gasteiger partial charge in [0.05, 0.1) is 0 Å². The molecule has 2 atom stereocenters. The number of unbranched alkanes of at least 4 members (excludes halogenated alkanes) is 3. The number of hydrogen-bond acceptors (Lipinski definition) is 5. The summed E-state index contributed by atoms with van der Waals surface area (Å²) < 4.78 is 5.46. The zero-order valence-corrected chi connectivity index (χ0v) is 25.1. The van der Waals surface area contributed by atoms with E-state index in [1.54, 1.807) is 37.4 Å². The summed E-state index contributed by atoms with van der Waals surface area (Å²) in [7, 11) is 0. The van der Waals surface area contributed by atoms with Crippen LogP contribution >= 0.6 is 11.8 Å². The first-order chi connectivity index (χ1) is 17.5. The number of carbonyl (C=O) groups is 3. The number of benzene rings is 1. The van der Waals surface area contributed by atoms with E-state index < -0.39 is 23.8 Å². The standard InChI is InChI=1S/C29H49N3O4S/c1-9-11-13-18-30-26(33)25(23-16-14-15-21(3)22(23)4)32(19-12-10-2)27(34)24(17-20-37-8)31-28(35)36-29(5,6)7/h14-16,24-25H,9-13,17-20H2,1-8H3,(H,30,33)(H,31,35). The van der Waals surface area contributed by atoms with E-state index in [1.165, 1.54) is 0 Å². The third kappa shape index (κ3) is 11.4. The van der Waals surface area contributed by atoms with Crippen molar-refractivity contribution in [3.63, 3.8) is 0 Å². The monoisotopic (exact) mass is 535 g/mol. The van der Waals surface area contributed by atoms with Crippen LogP contribution in [0.15, 0.2) is 18.2 Å². The molecule has 0 fully saturated rings. The number of amides is 3. The van der Waals surface area contributed by atoms with Crippen molar-refractivity contribution in [3.8, 4) is 0 Å². The Labute approximate surface area is 228 Å². The molecule has 0 heterocycles. The van der Waals surface area contributed by atoms with Gasteiger partial charge in [0.2, 0.25) is 11.8 Å². The van der Waals surface area contributed by atoms with E-state index in [2.05, 4.69) is 24.5 Å². The van der Waals surface area contributed by atoms with Gasteiger partial charge >= 0.3 is 6.09 Å². The van der Waals surface area contributed by atoms with Crippen LogP contribution in [0.5, 0.6) is 0 Å². The van der Waals surface area contributed by atoms with Crippen LogP contribution in [0.2, 0.25) is 0 Å². The van der Waals surface area contributed by atoms with Gasteiger partial charge in [-0.3, -0.25) is 9.59 Å². The first-order valence-electron chi connectivity index (χ1n) is 13.6. The number of thioether (sulfide) groups is 1. The molecule has 0 aromatic heterocycles. The minimum absolute atomic E-state index is 0.185. The molecule has 1 aromatic rings.